The number of hydrogen-bond donors (Lipinski definition) is 2. The van der Waals surface area contributed by atoms with Gasteiger partial charge in [-0.3, -0.25) is 4.99 Å². The SMILES string of the molecule is C=C(C)/C(=C\NC)N=CC.CN.O. The third-order valence-corrected chi connectivity index (χ3v) is 0.987. The van der Waals surface area contributed by atoms with Gasteiger partial charge in [-0.15, -0.1) is 0 Å². The molecular formula is C9H21N3O. The van der Waals surface area contributed by atoms with Gasteiger partial charge >= 0.3 is 0 Å². The quantitative estimate of drug-likeness (QED) is 0.497. The number of rotatable bonds is 3. The lowest BCUT2D eigenvalue weighted by Gasteiger charge is -1.97. The van der Waals surface area contributed by atoms with Crippen molar-refractivity contribution in [2.45, 2.75) is 13.8 Å². The summed E-state index contributed by atoms with van der Waals surface area (Å²) in [7, 11) is 3.34. The van der Waals surface area contributed by atoms with Gasteiger partial charge in [-0.25, -0.2) is 0 Å². The van der Waals surface area contributed by atoms with Crippen molar-refractivity contribution in [3.05, 3.63) is 24.0 Å². The van der Waals surface area contributed by atoms with Crippen LogP contribution in [0.25, 0.3) is 0 Å². The average molecular weight is 187 g/mol. The Morgan fingerprint density at radius 1 is 1.46 bits per heavy atom. The lowest BCUT2D eigenvalue weighted by molar-refractivity contribution is 0.824. The van der Waals surface area contributed by atoms with Crippen molar-refractivity contribution in [1.29, 1.82) is 0 Å². The number of hydrogen-bond acceptors (Lipinski definition) is 3. The number of nitrogens with zero attached hydrogens (tertiary/aromatic N) is 1. The fourth-order valence-electron chi connectivity index (χ4n) is 0.546. The number of nitrogens with one attached hydrogen (secondary N) is 1. The summed E-state index contributed by atoms with van der Waals surface area (Å²) in [5.74, 6) is 0. The van der Waals surface area contributed by atoms with Crippen LogP contribution in [0.5, 0.6) is 0 Å². The van der Waals surface area contributed by atoms with Crippen LogP contribution in [0.2, 0.25) is 0 Å². The maximum atomic E-state index is 4.50. The average Bonchev–Trinajstić information content (AvgIpc) is 2.08. The van der Waals surface area contributed by atoms with E-state index in [-0.39, 0.29) is 5.48 Å². The highest BCUT2D eigenvalue weighted by Gasteiger charge is 1.90. The first-order valence-corrected chi connectivity index (χ1v) is 3.82. The predicted octanol–water partition coefficient (Wildman–Crippen LogP) is 0.464. The van der Waals surface area contributed by atoms with E-state index in [1.807, 2.05) is 27.1 Å². The van der Waals surface area contributed by atoms with Crippen molar-refractivity contribution in [2.24, 2.45) is 10.7 Å². The van der Waals surface area contributed by atoms with E-state index in [2.05, 4.69) is 22.6 Å². The van der Waals surface area contributed by atoms with Gasteiger partial charge in [-0.2, -0.15) is 0 Å². The zero-order valence-corrected chi connectivity index (χ0v) is 8.89. The molecule has 0 fully saturated rings. The fourth-order valence-corrected chi connectivity index (χ4v) is 0.546. The monoisotopic (exact) mass is 187 g/mol. The molecule has 0 atom stereocenters. The molecule has 0 aliphatic rings. The van der Waals surface area contributed by atoms with Crippen molar-refractivity contribution in [1.82, 2.24) is 5.32 Å². The Kier molecular flexibility index (Phi) is 18.5. The van der Waals surface area contributed by atoms with E-state index in [1.165, 1.54) is 7.05 Å². The summed E-state index contributed by atoms with van der Waals surface area (Å²) < 4.78 is 0. The van der Waals surface area contributed by atoms with E-state index in [1.54, 1.807) is 6.21 Å². The molecule has 0 rings (SSSR count). The van der Waals surface area contributed by atoms with Crippen LogP contribution in [-0.4, -0.2) is 25.8 Å². The summed E-state index contributed by atoms with van der Waals surface area (Å²) in [6.45, 7) is 7.58. The summed E-state index contributed by atoms with van der Waals surface area (Å²) in [5, 5.41) is 2.90. The van der Waals surface area contributed by atoms with Gasteiger partial charge < -0.3 is 16.5 Å². The molecule has 0 aromatic rings. The molecule has 0 aliphatic carbocycles. The van der Waals surface area contributed by atoms with Gasteiger partial charge in [0.1, 0.15) is 0 Å². The highest BCUT2D eigenvalue weighted by molar-refractivity contribution is 5.56. The molecule has 4 heteroatoms. The molecule has 0 aromatic heterocycles. The Balaban J connectivity index is -0.000000309. The minimum absolute atomic E-state index is 0. The normalized spacial score (nSPS) is 9.77. The van der Waals surface area contributed by atoms with Crippen molar-refractivity contribution < 1.29 is 5.48 Å². The lowest BCUT2D eigenvalue weighted by atomic mass is 10.3. The molecule has 0 radical (unpaired) electrons. The highest BCUT2D eigenvalue weighted by Crippen LogP contribution is 2.05. The second-order valence-corrected chi connectivity index (χ2v) is 1.99. The van der Waals surface area contributed by atoms with Gasteiger partial charge in [0, 0.05) is 19.5 Å². The molecule has 0 aliphatic heterocycles. The van der Waals surface area contributed by atoms with Crippen molar-refractivity contribution in [3.8, 4) is 0 Å². The number of nitrogens with two attached hydrogens (primary N) is 1. The number of aliphatic imine (C=N–C) groups is 1. The second kappa shape index (κ2) is 13.5. The molecule has 0 spiro atoms. The largest absolute Gasteiger partial charge is 0.412 e. The van der Waals surface area contributed by atoms with Crippen LogP contribution in [0.1, 0.15) is 13.8 Å². The summed E-state index contributed by atoms with van der Waals surface area (Å²) in [4.78, 5) is 4.09. The van der Waals surface area contributed by atoms with Crippen LogP contribution in [0.3, 0.4) is 0 Å². The minimum Gasteiger partial charge on any atom is -0.412 e. The van der Waals surface area contributed by atoms with Crippen LogP contribution >= 0.6 is 0 Å². The van der Waals surface area contributed by atoms with Crippen LogP contribution in [0.15, 0.2) is 29.0 Å². The maximum Gasteiger partial charge on any atom is 0.0805 e. The standard InChI is InChI=1S/C8H14N2.CH5N.H2O/c1-5-10-8(6-9-4)7(2)3;1-2;/h5-6,9H,2H2,1,3-4H3;2H2,1H3;1H2/b8-6+,10-5?;;. The molecule has 0 aromatic carbocycles. The molecule has 13 heavy (non-hydrogen) atoms. The molecule has 0 bridgehead atoms. The van der Waals surface area contributed by atoms with Gasteiger partial charge in [0.15, 0.2) is 0 Å². The van der Waals surface area contributed by atoms with E-state index < -0.39 is 0 Å². The third kappa shape index (κ3) is 10.9. The van der Waals surface area contributed by atoms with E-state index in [0.717, 1.165) is 11.3 Å². The Bertz CT molecular complexity index is 174. The van der Waals surface area contributed by atoms with Crippen molar-refractivity contribution in [3.63, 3.8) is 0 Å². The van der Waals surface area contributed by atoms with Crippen LogP contribution in [0.4, 0.5) is 0 Å². The molecule has 0 heterocycles. The second-order valence-electron chi connectivity index (χ2n) is 1.99. The first-order valence-electron chi connectivity index (χ1n) is 3.82. The first kappa shape index (κ1) is 17.8. The highest BCUT2D eigenvalue weighted by atomic mass is 16.0. The Hall–Kier alpha value is -1.13. The lowest BCUT2D eigenvalue weighted by Crippen LogP contribution is -1.95. The van der Waals surface area contributed by atoms with Crippen LogP contribution in [-0.2, 0) is 0 Å². The summed E-state index contributed by atoms with van der Waals surface area (Å²) in [6.07, 6.45) is 3.57. The van der Waals surface area contributed by atoms with E-state index >= 15 is 0 Å². The van der Waals surface area contributed by atoms with Crippen molar-refractivity contribution in [2.75, 3.05) is 14.1 Å². The number of allylic oxidation sites excluding steroid dienone is 1. The molecule has 78 valence electrons. The minimum atomic E-state index is 0. The molecule has 0 unspecified atom stereocenters. The molecular weight excluding hydrogens is 166 g/mol. The van der Waals surface area contributed by atoms with E-state index in [0.29, 0.717) is 0 Å². The van der Waals surface area contributed by atoms with Crippen LogP contribution in [0, 0.1) is 0 Å². The maximum absolute atomic E-state index is 4.50. The zero-order valence-electron chi connectivity index (χ0n) is 8.89. The van der Waals surface area contributed by atoms with Crippen molar-refractivity contribution >= 4 is 6.21 Å². The molecule has 5 N–H and O–H groups in total. The Morgan fingerprint density at radius 2 is 1.92 bits per heavy atom. The first-order chi connectivity index (χ1) is 5.72. The fraction of sp³-hybridized carbons (Fsp3) is 0.444. The molecule has 4 nitrogen and oxygen atoms in total. The smallest absolute Gasteiger partial charge is 0.0805 e. The van der Waals surface area contributed by atoms with E-state index in [9.17, 15) is 0 Å². The van der Waals surface area contributed by atoms with Gasteiger partial charge in [0.25, 0.3) is 0 Å². The van der Waals surface area contributed by atoms with Gasteiger partial charge in [-0.05, 0) is 26.5 Å². The summed E-state index contributed by atoms with van der Waals surface area (Å²) in [6, 6.07) is 0. The molecule has 0 saturated carbocycles. The predicted molar refractivity (Wildman–Crippen MR) is 59.8 cm³/mol. The zero-order chi connectivity index (χ0) is 9.98. The Labute approximate surface area is 80.6 Å². The van der Waals surface area contributed by atoms with Gasteiger partial charge in [0.05, 0.1) is 5.70 Å². The van der Waals surface area contributed by atoms with Gasteiger partial charge in [-0.1, -0.05) is 6.58 Å². The molecule has 0 amide bonds. The summed E-state index contributed by atoms with van der Waals surface area (Å²) in [5.41, 5.74) is 6.36. The van der Waals surface area contributed by atoms with E-state index in [4.69, 9.17) is 0 Å². The molecule has 0 saturated heterocycles. The third-order valence-electron chi connectivity index (χ3n) is 0.987. The summed E-state index contributed by atoms with van der Waals surface area (Å²) >= 11 is 0. The Morgan fingerprint density at radius 3 is 2.15 bits per heavy atom. The van der Waals surface area contributed by atoms with Crippen LogP contribution < -0.4 is 11.1 Å². The van der Waals surface area contributed by atoms with Gasteiger partial charge in [0.2, 0.25) is 0 Å². The topological polar surface area (TPSA) is 81.9 Å².